The molecular weight excluding hydrogens is 308 g/mol. The van der Waals surface area contributed by atoms with E-state index in [1.54, 1.807) is 6.07 Å². The van der Waals surface area contributed by atoms with Gasteiger partial charge in [0.05, 0.1) is 18.7 Å². The van der Waals surface area contributed by atoms with Crippen molar-refractivity contribution in [2.75, 3.05) is 18.5 Å². The standard InChI is InChI=1S/C12H14BrF2NO2/c1-8-3-2-4-9(12(8)13)16-11(17)5-6-18-7-10(14)15/h2-4,10H,5-7H2,1H3,(H,16,17). The maximum Gasteiger partial charge on any atom is 0.261 e. The van der Waals surface area contributed by atoms with E-state index in [0.29, 0.717) is 5.69 Å². The van der Waals surface area contributed by atoms with E-state index in [2.05, 4.69) is 26.0 Å². The van der Waals surface area contributed by atoms with Gasteiger partial charge in [-0.05, 0) is 34.5 Å². The topological polar surface area (TPSA) is 38.3 Å². The molecule has 1 rings (SSSR count). The Bertz CT molecular complexity index is 413. The Kier molecular flexibility index (Phi) is 6.21. The normalized spacial score (nSPS) is 10.7. The number of anilines is 1. The second kappa shape index (κ2) is 7.43. The first kappa shape index (κ1) is 15.0. The molecule has 0 saturated carbocycles. The van der Waals surface area contributed by atoms with Crippen LogP contribution in [0.15, 0.2) is 22.7 Å². The molecule has 18 heavy (non-hydrogen) atoms. The highest BCUT2D eigenvalue weighted by atomic mass is 79.9. The summed E-state index contributed by atoms with van der Waals surface area (Å²) in [6.07, 6.45) is -2.45. The highest BCUT2D eigenvalue weighted by molar-refractivity contribution is 9.10. The number of carbonyl (C=O) groups is 1. The van der Waals surface area contributed by atoms with E-state index >= 15 is 0 Å². The maximum atomic E-state index is 11.8. The van der Waals surface area contributed by atoms with E-state index in [9.17, 15) is 13.6 Å². The molecule has 0 fully saturated rings. The lowest BCUT2D eigenvalue weighted by atomic mass is 10.2. The molecule has 0 bridgehead atoms. The largest absolute Gasteiger partial charge is 0.375 e. The fourth-order valence-corrected chi connectivity index (χ4v) is 1.66. The van der Waals surface area contributed by atoms with Crippen LogP contribution in [-0.4, -0.2) is 25.5 Å². The van der Waals surface area contributed by atoms with Gasteiger partial charge in [0.1, 0.15) is 6.61 Å². The zero-order valence-corrected chi connectivity index (χ0v) is 11.5. The third-order valence-electron chi connectivity index (χ3n) is 2.18. The van der Waals surface area contributed by atoms with Crippen LogP contribution in [0.5, 0.6) is 0 Å². The van der Waals surface area contributed by atoms with Crippen molar-refractivity contribution in [3.63, 3.8) is 0 Å². The number of carbonyl (C=O) groups excluding carboxylic acids is 1. The molecule has 0 aliphatic heterocycles. The minimum atomic E-state index is -2.50. The molecule has 100 valence electrons. The first-order valence-electron chi connectivity index (χ1n) is 5.41. The molecule has 0 saturated heterocycles. The number of amides is 1. The molecule has 6 heteroatoms. The number of halogens is 3. The summed E-state index contributed by atoms with van der Waals surface area (Å²) in [7, 11) is 0. The van der Waals surface area contributed by atoms with Gasteiger partial charge in [0.15, 0.2) is 0 Å². The van der Waals surface area contributed by atoms with Crippen molar-refractivity contribution in [1.82, 2.24) is 0 Å². The Morgan fingerprint density at radius 3 is 2.89 bits per heavy atom. The van der Waals surface area contributed by atoms with Crippen molar-refractivity contribution in [3.8, 4) is 0 Å². The molecule has 0 unspecified atom stereocenters. The van der Waals surface area contributed by atoms with Crippen molar-refractivity contribution >= 4 is 27.5 Å². The van der Waals surface area contributed by atoms with E-state index in [-0.39, 0.29) is 18.9 Å². The molecule has 1 aromatic carbocycles. The first-order chi connectivity index (χ1) is 8.50. The van der Waals surface area contributed by atoms with Crippen LogP contribution in [0.25, 0.3) is 0 Å². The molecule has 0 spiro atoms. The summed E-state index contributed by atoms with van der Waals surface area (Å²) in [5.41, 5.74) is 1.66. The van der Waals surface area contributed by atoms with Crippen LogP contribution in [0, 0.1) is 6.92 Å². The summed E-state index contributed by atoms with van der Waals surface area (Å²) in [5.74, 6) is -0.268. The fraction of sp³-hybridized carbons (Fsp3) is 0.417. The molecule has 0 radical (unpaired) electrons. The summed E-state index contributed by atoms with van der Waals surface area (Å²) in [4.78, 5) is 11.5. The van der Waals surface area contributed by atoms with Gasteiger partial charge in [0, 0.05) is 4.47 Å². The number of benzene rings is 1. The number of rotatable bonds is 6. The number of hydrogen-bond acceptors (Lipinski definition) is 2. The van der Waals surface area contributed by atoms with Crippen LogP contribution in [0.1, 0.15) is 12.0 Å². The van der Waals surface area contributed by atoms with Crippen LogP contribution >= 0.6 is 15.9 Å². The lowest BCUT2D eigenvalue weighted by molar-refractivity contribution is -0.117. The zero-order chi connectivity index (χ0) is 13.5. The summed E-state index contributed by atoms with van der Waals surface area (Å²) in [6.45, 7) is 1.26. The van der Waals surface area contributed by atoms with E-state index in [1.165, 1.54) is 0 Å². The fourth-order valence-electron chi connectivity index (χ4n) is 1.29. The van der Waals surface area contributed by atoms with Gasteiger partial charge < -0.3 is 10.1 Å². The number of alkyl halides is 2. The van der Waals surface area contributed by atoms with E-state index in [0.717, 1.165) is 10.0 Å². The van der Waals surface area contributed by atoms with Crippen LogP contribution in [0.2, 0.25) is 0 Å². The first-order valence-corrected chi connectivity index (χ1v) is 6.21. The minimum Gasteiger partial charge on any atom is -0.375 e. The Labute approximate surface area is 113 Å². The summed E-state index contributed by atoms with van der Waals surface area (Å²) < 4.78 is 29.0. The average molecular weight is 322 g/mol. The van der Waals surface area contributed by atoms with Crippen LogP contribution in [-0.2, 0) is 9.53 Å². The van der Waals surface area contributed by atoms with Crippen molar-refractivity contribution in [2.24, 2.45) is 0 Å². The Morgan fingerprint density at radius 1 is 1.50 bits per heavy atom. The van der Waals surface area contributed by atoms with Crippen LogP contribution < -0.4 is 5.32 Å². The Hall–Kier alpha value is -1.01. The highest BCUT2D eigenvalue weighted by Gasteiger charge is 2.08. The highest BCUT2D eigenvalue weighted by Crippen LogP contribution is 2.25. The third kappa shape index (κ3) is 5.10. The number of aryl methyl sites for hydroxylation is 1. The van der Waals surface area contributed by atoms with Gasteiger partial charge in [-0.2, -0.15) is 0 Å². The molecule has 1 aromatic rings. The van der Waals surface area contributed by atoms with Gasteiger partial charge in [0.2, 0.25) is 5.91 Å². The molecule has 3 nitrogen and oxygen atoms in total. The summed E-state index contributed by atoms with van der Waals surface area (Å²) in [5, 5.41) is 2.69. The average Bonchev–Trinajstić information content (AvgIpc) is 2.30. The number of nitrogens with one attached hydrogen (secondary N) is 1. The summed E-state index contributed by atoms with van der Waals surface area (Å²) >= 11 is 3.36. The second-order valence-corrected chi connectivity index (χ2v) is 4.49. The van der Waals surface area contributed by atoms with Gasteiger partial charge in [-0.25, -0.2) is 8.78 Å². The zero-order valence-electron chi connectivity index (χ0n) is 9.88. The van der Waals surface area contributed by atoms with Gasteiger partial charge >= 0.3 is 0 Å². The van der Waals surface area contributed by atoms with Crippen molar-refractivity contribution in [3.05, 3.63) is 28.2 Å². The molecule has 1 N–H and O–H groups in total. The van der Waals surface area contributed by atoms with Crippen molar-refractivity contribution in [2.45, 2.75) is 19.8 Å². The molecular formula is C12H14BrF2NO2. The lowest BCUT2D eigenvalue weighted by Crippen LogP contribution is -2.16. The lowest BCUT2D eigenvalue weighted by Gasteiger charge is -2.09. The van der Waals surface area contributed by atoms with Crippen molar-refractivity contribution < 1.29 is 18.3 Å². The Morgan fingerprint density at radius 2 is 2.22 bits per heavy atom. The monoisotopic (exact) mass is 321 g/mol. The molecule has 0 heterocycles. The number of hydrogen-bond donors (Lipinski definition) is 1. The quantitative estimate of drug-likeness (QED) is 0.816. The van der Waals surface area contributed by atoms with Gasteiger partial charge in [0.25, 0.3) is 6.43 Å². The summed E-state index contributed by atoms with van der Waals surface area (Å²) in [6, 6.07) is 5.49. The molecule has 0 aliphatic carbocycles. The predicted octanol–water partition coefficient (Wildman–Crippen LogP) is 3.37. The van der Waals surface area contributed by atoms with E-state index < -0.39 is 13.0 Å². The second-order valence-electron chi connectivity index (χ2n) is 3.70. The molecule has 0 atom stereocenters. The van der Waals surface area contributed by atoms with Gasteiger partial charge in [-0.1, -0.05) is 12.1 Å². The maximum absolute atomic E-state index is 11.8. The van der Waals surface area contributed by atoms with E-state index in [4.69, 9.17) is 0 Å². The van der Waals surface area contributed by atoms with Crippen molar-refractivity contribution in [1.29, 1.82) is 0 Å². The third-order valence-corrected chi connectivity index (χ3v) is 3.24. The predicted molar refractivity (Wildman–Crippen MR) is 68.9 cm³/mol. The molecule has 1 amide bonds. The van der Waals surface area contributed by atoms with E-state index in [1.807, 2.05) is 19.1 Å². The SMILES string of the molecule is Cc1cccc(NC(=O)CCOCC(F)F)c1Br. The Balaban J connectivity index is 2.38. The van der Waals surface area contributed by atoms with Gasteiger partial charge in [-0.3, -0.25) is 4.79 Å². The molecule has 0 aromatic heterocycles. The van der Waals surface area contributed by atoms with Crippen LogP contribution in [0.4, 0.5) is 14.5 Å². The smallest absolute Gasteiger partial charge is 0.261 e. The molecule has 0 aliphatic rings. The van der Waals surface area contributed by atoms with Crippen LogP contribution in [0.3, 0.4) is 0 Å². The van der Waals surface area contributed by atoms with Gasteiger partial charge in [-0.15, -0.1) is 0 Å². The number of ether oxygens (including phenoxy) is 1. The minimum absolute atomic E-state index is 0.0143.